The molecule has 0 aromatic carbocycles. The van der Waals surface area contributed by atoms with E-state index in [2.05, 4.69) is 10.6 Å². The van der Waals surface area contributed by atoms with E-state index >= 15 is 0 Å². The topological polar surface area (TPSA) is 98.7 Å². The second-order valence-electron chi connectivity index (χ2n) is 4.41. The average molecular weight is 246 g/mol. The van der Waals surface area contributed by atoms with Crippen molar-refractivity contribution in [3.05, 3.63) is 0 Å². The first-order valence-corrected chi connectivity index (χ1v) is 5.82. The second-order valence-corrected chi connectivity index (χ2v) is 4.41. The highest BCUT2D eigenvalue weighted by Gasteiger charge is 2.16. The number of carbonyl (C=O) groups is 2. The van der Waals surface area contributed by atoms with Gasteiger partial charge in [0.05, 0.1) is 6.54 Å². The van der Waals surface area contributed by atoms with E-state index in [4.69, 9.17) is 10.2 Å². The standard InChI is InChI=1S/C11H22N2O4/c1-8(2)6-13-9(11(16)17)4-3-5-12-7-10(14)15/h8-9,12-13H,3-7H2,1-2H3,(H,14,15)(H,16,17). The van der Waals surface area contributed by atoms with Crippen molar-refractivity contribution in [2.24, 2.45) is 5.92 Å². The van der Waals surface area contributed by atoms with Crippen LogP contribution in [0.15, 0.2) is 0 Å². The third kappa shape index (κ3) is 9.77. The van der Waals surface area contributed by atoms with Crippen LogP contribution in [-0.4, -0.2) is 47.8 Å². The molecule has 17 heavy (non-hydrogen) atoms. The Labute approximate surface area is 101 Å². The molecule has 0 bridgehead atoms. The van der Waals surface area contributed by atoms with Gasteiger partial charge >= 0.3 is 11.9 Å². The van der Waals surface area contributed by atoms with Crippen LogP contribution in [-0.2, 0) is 9.59 Å². The van der Waals surface area contributed by atoms with E-state index in [1.165, 1.54) is 0 Å². The number of hydrogen-bond donors (Lipinski definition) is 4. The predicted molar refractivity (Wildman–Crippen MR) is 64.0 cm³/mol. The van der Waals surface area contributed by atoms with Crippen LogP contribution in [0.25, 0.3) is 0 Å². The highest BCUT2D eigenvalue weighted by atomic mass is 16.4. The van der Waals surface area contributed by atoms with Crippen LogP contribution >= 0.6 is 0 Å². The van der Waals surface area contributed by atoms with Gasteiger partial charge in [-0.05, 0) is 31.8 Å². The third-order valence-electron chi connectivity index (χ3n) is 2.19. The predicted octanol–water partition coefficient (Wildman–Crippen LogP) is 0.140. The molecule has 1 unspecified atom stereocenters. The van der Waals surface area contributed by atoms with Gasteiger partial charge in [-0.25, -0.2) is 0 Å². The summed E-state index contributed by atoms with van der Waals surface area (Å²) in [7, 11) is 0. The lowest BCUT2D eigenvalue weighted by molar-refractivity contribution is -0.140. The van der Waals surface area contributed by atoms with Gasteiger partial charge in [0, 0.05) is 0 Å². The van der Waals surface area contributed by atoms with Crippen LogP contribution in [0, 0.1) is 5.92 Å². The second kappa shape index (κ2) is 8.95. The molecule has 0 radical (unpaired) electrons. The van der Waals surface area contributed by atoms with Gasteiger partial charge in [0.1, 0.15) is 6.04 Å². The van der Waals surface area contributed by atoms with Gasteiger partial charge in [0.2, 0.25) is 0 Å². The highest BCUT2D eigenvalue weighted by molar-refractivity contribution is 5.73. The molecular formula is C11H22N2O4. The van der Waals surface area contributed by atoms with Gasteiger partial charge in [-0.1, -0.05) is 13.8 Å². The molecule has 0 saturated carbocycles. The molecule has 0 amide bonds. The zero-order valence-electron chi connectivity index (χ0n) is 10.4. The van der Waals surface area contributed by atoms with Crippen molar-refractivity contribution in [2.75, 3.05) is 19.6 Å². The fraction of sp³-hybridized carbons (Fsp3) is 0.818. The van der Waals surface area contributed by atoms with Crippen molar-refractivity contribution in [3.8, 4) is 0 Å². The Hall–Kier alpha value is -1.14. The number of carboxylic acids is 2. The summed E-state index contributed by atoms with van der Waals surface area (Å²) in [5.41, 5.74) is 0. The SMILES string of the molecule is CC(C)CNC(CCCNCC(=O)O)C(=O)O. The van der Waals surface area contributed by atoms with Gasteiger partial charge in [0.15, 0.2) is 0 Å². The maximum absolute atomic E-state index is 10.9. The summed E-state index contributed by atoms with van der Waals surface area (Å²) in [5.74, 6) is -1.36. The summed E-state index contributed by atoms with van der Waals surface area (Å²) in [6.45, 7) is 5.12. The Bertz CT molecular complexity index is 244. The van der Waals surface area contributed by atoms with Gasteiger partial charge in [-0.15, -0.1) is 0 Å². The Kier molecular flexibility index (Phi) is 8.35. The molecule has 100 valence electrons. The molecule has 0 fully saturated rings. The van der Waals surface area contributed by atoms with Gasteiger partial charge < -0.3 is 20.8 Å². The molecule has 0 aromatic rings. The van der Waals surface area contributed by atoms with Crippen LogP contribution < -0.4 is 10.6 Å². The van der Waals surface area contributed by atoms with Crippen LogP contribution in [0.4, 0.5) is 0 Å². The van der Waals surface area contributed by atoms with Gasteiger partial charge in [0.25, 0.3) is 0 Å². The first kappa shape index (κ1) is 15.9. The van der Waals surface area contributed by atoms with E-state index < -0.39 is 18.0 Å². The third-order valence-corrected chi connectivity index (χ3v) is 2.19. The maximum atomic E-state index is 10.9. The van der Waals surface area contributed by atoms with E-state index in [1.807, 2.05) is 13.8 Å². The number of hydrogen-bond acceptors (Lipinski definition) is 4. The summed E-state index contributed by atoms with van der Waals surface area (Å²) in [5, 5.41) is 23.0. The average Bonchev–Trinajstić information content (AvgIpc) is 2.20. The minimum absolute atomic E-state index is 0.0862. The van der Waals surface area contributed by atoms with Crippen molar-refractivity contribution in [3.63, 3.8) is 0 Å². The molecule has 0 spiro atoms. The molecule has 0 saturated heterocycles. The normalized spacial score (nSPS) is 12.6. The lowest BCUT2D eigenvalue weighted by atomic mass is 10.1. The quantitative estimate of drug-likeness (QED) is 0.409. The molecule has 0 aromatic heterocycles. The zero-order chi connectivity index (χ0) is 13.3. The Morgan fingerprint density at radius 2 is 1.88 bits per heavy atom. The summed E-state index contributed by atoms with van der Waals surface area (Å²) < 4.78 is 0. The minimum atomic E-state index is -0.905. The van der Waals surface area contributed by atoms with Crippen molar-refractivity contribution in [1.29, 1.82) is 0 Å². The van der Waals surface area contributed by atoms with Crippen molar-refractivity contribution >= 4 is 11.9 Å². The molecule has 0 rings (SSSR count). The summed E-state index contributed by atoms with van der Waals surface area (Å²) >= 11 is 0. The molecule has 0 aliphatic heterocycles. The van der Waals surface area contributed by atoms with Crippen LogP contribution in [0.1, 0.15) is 26.7 Å². The molecular weight excluding hydrogens is 224 g/mol. The van der Waals surface area contributed by atoms with E-state index in [0.29, 0.717) is 31.8 Å². The Balaban J connectivity index is 3.70. The maximum Gasteiger partial charge on any atom is 0.320 e. The molecule has 0 aliphatic carbocycles. The summed E-state index contributed by atoms with van der Waals surface area (Å²) in [6.07, 6.45) is 1.13. The highest BCUT2D eigenvalue weighted by Crippen LogP contribution is 1.99. The van der Waals surface area contributed by atoms with Crippen LogP contribution in [0.5, 0.6) is 0 Å². The number of rotatable bonds is 10. The first-order chi connectivity index (χ1) is 7.93. The van der Waals surface area contributed by atoms with E-state index in [9.17, 15) is 9.59 Å². The first-order valence-electron chi connectivity index (χ1n) is 5.82. The van der Waals surface area contributed by atoms with Crippen molar-refractivity contribution < 1.29 is 19.8 Å². The lowest BCUT2D eigenvalue weighted by Gasteiger charge is -2.15. The number of nitrogens with one attached hydrogen (secondary N) is 2. The molecule has 6 nitrogen and oxygen atoms in total. The van der Waals surface area contributed by atoms with Crippen molar-refractivity contribution in [1.82, 2.24) is 10.6 Å². The lowest BCUT2D eigenvalue weighted by Crippen LogP contribution is -2.39. The number of aliphatic carboxylic acids is 2. The molecule has 0 heterocycles. The summed E-state index contributed by atoms with van der Waals surface area (Å²) in [6, 6.07) is -0.552. The van der Waals surface area contributed by atoms with Gasteiger partial charge in [-0.2, -0.15) is 0 Å². The Morgan fingerprint density at radius 3 is 2.35 bits per heavy atom. The fourth-order valence-electron chi connectivity index (χ4n) is 1.32. The van der Waals surface area contributed by atoms with E-state index in [0.717, 1.165) is 0 Å². The van der Waals surface area contributed by atoms with E-state index in [-0.39, 0.29) is 6.54 Å². The van der Waals surface area contributed by atoms with Crippen molar-refractivity contribution in [2.45, 2.75) is 32.7 Å². The molecule has 6 heteroatoms. The summed E-state index contributed by atoms with van der Waals surface area (Å²) in [4.78, 5) is 21.1. The monoisotopic (exact) mass is 246 g/mol. The largest absolute Gasteiger partial charge is 0.480 e. The minimum Gasteiger partial charge on any atom is -0.480 e. The Morgan fingerprint density at radius 1 is 1.24 bits per heavy atom. The van der Waals surface area contributed by atoms with Crippen LogP contribution in [0.2, 0.25) is 0 Å². The molecule has 4 N–H and O–H groups in total. The van der Waals surface area contributed by atoms with E-state index in [1.54, 1.807) is 0 Å². The molecule has 0 aliphatic rings. The smallest absolute Gasteiger partial charge is 0.320 e. The number of carboxylic acid groups (broad SMARTS) is 2. The van der Waals surface area contributed by atoms with Gasteiger partial charge in [-0.3, -0.25) is 9.59 Å². The fourth-order valence-corrected chi connectivity index (χ4v) is 1.32. The zero-order valence-corrected chi connectivity index (χ0v) is 10.4. The molecule has 1 atom stereocenters. The van der Waals surface area contributed by atoms with Crippen LogP contribution in [0.3, 0.4) is 0 Å².